The minimum absolute atomic E-state index is 0.617. The molecule has 0 saturated heterocycles. The number of nitrogens with zero attached hydrogens (tertiary/aromatic N) is 1. The molecule has 19 heavy (non-hydrogen) atoms. The van der Waals surface area contributed by atoms with Gasteiger partial charge in [0.25, 0.3) is 0 Å². The lowest BCUT2D eigenvalue weighted by molar-refractivity contribution is 0.561. The average molecular weight is 312 g/mol. The highest BCUT2D eigenvalue weighted by Gasteiger charge is 2.15. The van der Waals surface area contributed by atoms with Crippen molar-refractivity contribution in [2.75, 3.05) is 0 Å². The van der Waals surface area contributed by atoms with Crippen LogP contribution in [0.4, 0.5) is 0 Å². The second kappa shape index (κ2) is 4.56. The normalized spacial score (nSPS) is 10.6. The third-order valence-electron chi connectivity index (χ3n) is 3.12. The predicted octanol–water partition coefficient (Wildman–Crippen LogP) is 5.04. The number of benzene rings is 2. The minimum atomic E-state index is 0.617. The lowest BCUT2D eigenvalue weighted by Gasteiger charge is -2.00. The van der Waals surface area contributed by atoms with Crippen LogP contribution in [0, 0.1) is 18.3 Å². The van der Waals surface area contributed by atoms with Crippen molar-refractivity contribution in [1.82, 2.24) is 0 Å². The van der Waals surface area contributed by atoms with E-state index < -0.39 is 0 Å². The number of furan rings is 1. The Balaban J connectivity index is 2.35. The number of nitriles is 1. The molecule has 0 amide bonds. The van der Waals surface area contributed by atoms with Crippen LogP contribution < -0.4 is 0 Å². The molecule has 0 spiro atoms. The molecule has 0 aliphatic heterocycles. The predicted molar refractivity (Wildman–Crippen MR) is 78.8 cm³/mol. The highest BCUT2D eigenvalue weighted by Crippen LogP contribution is 2.38. The summed E-state index contributed by atoms with van der Waals surface area (Å²) in [6.07, 6.45) is 0. The van der Waals surface area contributed by atoms with E-state index in [-0.39, 0.29) is 0 Å². The van der Waals surface area contributed by atoms with Gasteiger partial charge in [-0.25, -0.2) is 0 Å². The van der Waals surface area contributed by atoms with Gasteiger partial charge in [0.15, 0.2) is 4.67 Å². The van der Waals surface area contributed by atoms with Gasteiger partial charge in [0.05, 0.1) is 11.6 Å². The molecule has 0 unspecified atom stereocenters. The number of aryl methyl sites for hydroxylation is 1. The molecule has 1 aromatic heterocycles. The van der Waals surface area contributed by atoms with Gasteiger partial charge in [-0.15, -0.1) is 0 Å². The number of hydrogen-bond acceptors (Lipinski definition) is 2. The summed E-state index contributed by atoms with van der Waals surface area (Å²) in [5.74, 6) is 0.735. The van der Waals surface area contributed by atoms with Gasteiger partial charge in [-0.2, -0.15) is 5.26 Å². The third-order valence-corrected chi connectivity index (χ3v) is 3.70. The molecule has 0 saturated carbocycles. The zero-order valence-electron chi connectivity index (χ0n) is 10.3. The molecule has 0 atom stereocenters. The number of fused-ring (bicyclic) bond motifs is 1. The molecule has 0 bridgehead atoms. The van der Waals surface area contributed by atoms with Gasteiger partial charge < -0.3 is 4.42 Å². The van der Waals surface area contributed by atoms with Gasteiger partial charge in [0, 0.05) is 16.3 Å². The average Bonchev–Trinajstić information content (AvgIpc) is 2.75. The largest absolute Gasteiger partial charge is 0.448 e. The summed E-state index contributed by atoms with van der Waals surface area (Å²) in [6, 6.07) is 15.8. The molecular formula is C16H10BrNO. The standard InChI is InChI=1S/C16H10BrNO/c1-10-6-7-13-14(8-10)16(17)19-15(13)12-5-3-2-4-11(12)9-18/h2-8H,1H3. The maximum absolute atomic E-state index is 9.20. The van der Waals surface area contributed by atoms with E-state index >= 15 is 0 Å². The minimum Gasteiger partial charge on any atom is -0.448 e. The second-order valence-electron chi connectivity index (χ2n) is 4.41. The molecule has 0 radical (unpaired) electrons. The zero-order valence-corrected chi connectivity index (χ0v) is 11.9. The Bertz CT molecular complexity index is 811. The summed E-state index contributed by atoms with van der Waals surface area (Å²) in [7, 11) is 0. The highest BCUT2D eigenvalue weighted by molar-refractivity contribution is 9.10. The van der Waals surface area contributed by atoms with E-state index in [4.69, 9.17) is 4.42 Å². The summed E-state index contributed by atoms with van der Waals surface area (Å²) < 4.78 is 6.52. The van der Waals surface area contributed by atoms with Gasteiger partial charge >= 0.3 is 0 Å². The molecular weight excluding hydrogens is 302 g/mol. The van der Waals surface area contributed by atoms with Crippen LogP contribution in [0.15, 0.2) is 51.6 Å². The molecule has 2 nitrogen and oxygen atoms in total. The molecule has 0 aliphatic rings. The topological polar surface area (TPSA) is 36.9 Å². The van der Waals surface area contributed by atoms with Crippen molar-refractivity contribution in [3.8, 4) is 17.4 Å². The van der Waals surface area contributed by atoms with E-state index in [1.165, 1.54) is 5.56 Å². The monoisotopic (exact) mass is 311 g/mol. The number of halogens is 1. The van der Waals surface area contributed by atoms with Crippen molar-refractivity contribution in [2.45, 2.75) is 6.92 Å². The Morgan fingerprint density at radius 1 is 1.11 bits per heavy atom. The van der Waals surface area contributed by atoms with Crippen LogP contribution >= 0.6 is 15.9 Å². The number of hydrogen-bond donors (Lipinski definition) is 0. The van der Waals surface area contributed by atoms with Crippen LogP contribution in [-0.2, 0) is 0 Å². The van der Waals surface area contributed by atoms with E-state index in [0.29, 0.717) is 10.2 Å². The van der Waals surface area contributed by atoms with Gasteiger partial charge in [0.2, 0.25) is 0 Å². The molecule has 3 rings (SSSR count). The van der Waals surface area contributed by atoms with E-state index in [9.17, 15) is 5.26 Å². The summed E-state index contributed by atoms with van der Waals surface area (Å²) in [6.45, 7) is 2.04. The first-order valence-corrected chi connectivity index (χ1v) is 6.68. The van der Waals surface area contributed by atoms with Crippen molar-refractivity contribution in [2.24, 2.45) is 0 Å². The summed E-state index contributed by atoms with van der Waals surface area (Å²) in [5.41, 5.74) is 2.62. The van der Waals surface area contributed by atoms with Crippen molar-refractivity contribution >= 4 is 26.7 Å². The van der Waals surface area contributed by atoms with E-state index in [0.717, 1.165) is 22.1 Å². The quantitative estimate of drug-likeness (QED) is 0.631. The fourth-order valence-corrected chi connectivity index (χ4v) is 2.69. The Labute approximate surface area is 119 Å². The van der Waals surface area contributed by atoms with Crippen LogP contribution in [0.5, 0.6) is 0 Å². The van der Waals surface area contributed by atoms with Gasteiger partial charge in [-0.05, 0) is 41.1 Å². The molecule has 0 N–H and O–H groups in total. The first-order chi connectivity index (χ1) is 9.20. The number of rotatable bonds is 1. The fourth-order valence-electron chi connectivity index (χ4n) is 2.20. The Hall–Kier alpha value is -2.05. The Morgan fingerprint density at radius 3 is 2.68 bits per heavy atom. The van der Waals surface area contributed by atoms with Crippen LogP contribution in [-0.4, -0.2) is 0 Å². The molecule has 1 heterocycles. The van der Waals surface area contributed by atoms with E-state index in [1.807, 2.05) is 37.3 Å². The lowest BCUT2D eigenvalue weighted by atomic mass is 10.0. The SMILES string of the molecule is Cc1ccc2c(-c3ccccc3C#N)oc(Br)c2c1. The smallest absolute Gasteiger partial charge is 0.177 e. The fraction of sp³-hybridized carbons (Fsp3) is 0.0625. The van der Waals surface area contributed by atoms with Crippen LogP contribution in [0.25, 0.3) is 22.1 Å². The Kier molecular flexibility index (Phi) is 2.88. The van der Waals surface area contributed by atoms with Crippen LogP contribution in [0.3, 0.4) is 0 Å². The Morgan fingerprint density at radius 2 is 1.89 bits per heavy atom. The van der Waals surface area contributed by atoms with Crippen molar-refractivity contribution in [1.29, 1.82) is 5.26 Å². The third kappa shape index (κ3) is 1.94. The first-order valence-electron chi connectivity index (χ1n) is 5.89. The maximum Gasteiger partial charge on any atom is 0.177 e. The maximum atomic E-state index is 9.20. The van der Waals surface area contributed by atoms with Crippen LogP contribution in [0.1, 0.15) is 11.1 Å². The van der Waals surface area contributed by atoms with Crippen molar-refractivity contribution < 1.29 is 4.42 Å². The van der Waals surface area contributed by atoms with Crippen molar-refractivity contribution in [3.63, 3.8) is 0 Å². The molecule has 3 aromatic rings. The highest BCUT2D eigenvalue weighted by atomic mass is 79.9. The molecule has 2 aromatic carbocycles. The molecule has 3 heteroatoms. The molecule has 0 fully saturated rings. The van der Waals surface area contributed by atoms with E-state index in [1.54, 1.807) is 6.07 Å². The van der Waals surface area contributed by atoms with Gasteiger partial charge in [-0.3, -0.25) is 0 Å². The van der Waals surface area contributed by atoms with Gasteiger partial charge in [-0.1, -0.05) is 29.8 Å². The molecule has 0 aliphatic carbocycles. The summed E-state index contributed by atoms with van der Waals surface area (Å²) in [5, 5.41) is 11.2. The van der Waals surface area contributed by atoms with Crippen LogP contribution in [0.2, 0.25) is 0 Å². The summed E-state index contributed by atoms with van der Waals surface area (Å²) >= 11 is 3.45. The second-order valence-corrected chi connectivity index (χ2v) is 5.13. The van der Waals surface area contributed by atoms with E-state index in [2.05, 4.69) is 28.1 Å². The first kappa shape index (κ1) is 12.0. The molecule has 92 valence electrons. The van der Waals surface area contributed by atoms with Gasteiger partial charge in [0.1, 0.15) is 5.76 Å². The lowest BCUT2D eigenvalue weighted by Crippen LogP contribution is -1.82. The zero-order chi connectivity index (χ0) is 13.4. The summed E-state index contributed by atoms with van der Waals surface area (Å²) in [4.78, 5) is 0. The van der Waals surface area contributed by atoms with Crippen molar-refractivity contribution in [3.05, 3.63) is 58.3 Å².